The second-order valence-corrected chi connectivity index (χ2v) is 3.64. The Morgan fingerprint density at radius 2 is 1.94 bits per heavy atom. The van der Waals surface area contributed by atoms with E-state index in [-0.39, 0.29) is 5.75 Å². The van der Waals surface area contributed by atoms with Crippen molar-refractivity contribution in [3.05, 3.63) is 23.8 Å². The summed E-state index contributed by atoms with van der Waals surface area (Å²) in [5, 5.41) is 19.4. The fourth-order valence-corrected chi connectivity index (χ4v) is 1.65. The van der Waals surface area contributed by atoms with Crippen LogP contribution >= 0.6 is 12.6 Å². The van der Waals surface area contributed by atoms with Crippen LogP contribution in [-0.2, 0) is 0 Å². The van der Waals surface area contributed by atoms with Gasteiger partial charge in [0.1, 0.15) is 6.10 Å². The van der Waals surface area contributed by atoms with Gasteiger partial charge >= 0.3 is 0 Å². The quantitative estimate of drug-likeness (QED) is 0.677. The van der Waals surface area contributed by atoms with Crippen molar-refractivity contribution in [1.82, 2.24) is 0 Å². The van der Waals surface area contributed by atoms with Gasteiger partial charge in [0, 0.05) is 11.3 Å². The molecule has 0 aromatic heterocycles. The molecule has 0 aliphatic carbocycles. The SMILES string of the molecule is COc1cccc(C(O)C(O)CS)c1OC. The highest BCUT2D eigenvalue weighted by Gasteiger charge is 2.22. The second-order valence-electron chi connectivity index (χ2n) is 3.28. The van der Waals surface area contributed by atoms with E-state index in [1.54, 1.807) is 18.2 Å². The highest BCUT2D eigenvalue weighted by molar-refractivity contribution is 7.80. The molecule has 1 aromatic carbocycles. The molecule has 0 saturated heterocycles. The van der Waals surface area contributed by atoms with Gasteiger partial charge in [0.05, 0.1) is 20.3 Å². The first kappa shape index (κ1) is 13.2. The molecular formula is C11H16O4S. The molecule has 0 spiro atoms. The van der Waals surface area contributed by atoms with Crippen LogP contribution in [0.2, 0.25) is 0 Å². The summed E-state index contributed by atoms with van der Waals surface area (Å²) in [7, 11) is 3.00. The molecule has 0 aliphatic rings. The minimum absolute atomic E-state index is 0.168. The van der Waals surface area contributed by atoms with E-state index in [9.17, 15) is 10.2 Å². The predicted octanol–water partition coefficient (Wildman–Crippen LogP) is 1.03. The maximum Gasteiger partial charge on any atom is 0.166 e. The number of aliphatic hydroxyl groups is 2. The fourth-order valence-electron chi connectivity index (χ4n) is 1.45. The van der Waals surface area contributed by atoms with Gasteiger partial charge in [-0.1, -0.05) is 12.1 Å². The van der Waals surface area contributed by atoms with Gasteiger partial charge in [-0.3, -0.25) is 0 Å². The van der Waals surface area contributed by atoms with E-state index in [1.807, 2.05) is 0 Å². The van der Waals surface area contributed by atoms with Gasteiger partial charge in [-0.05, 0) is 6.07 Å². The molecule has 0 aliphatic heterocycles. The third-order valence-electron chi connectivity index (χ3n) is 2.30. The van der Waals surface area contributed by atoms with Crippen molar-refractivity contribution >= 4 is 12.6 Å². The number of para-hydroxylation sites is 1. The van der Waals surface area contributed by atoms with Gasteiger partial charge in [0.2, 0.25) is 0 Å². The van der Waals surface area contributed by atoms with Gasteiger partial charge < -0.3 is 19.7 Å². The van der Waals surface area contributed by atoms with Gasteiger partial charge in [-0.2, -0.15) is 12.6 Å². The first-order valence-electron chi connectivity index (χ1n) is 4.83. The van der Waals surface area contributed by atoms with Crippen molar-refractivity contribution < 1.29 is 19.7 Å². The third kappa shape index (κ3) is 2.61. The lowest BCUT2D eigenvalue weighted by atomic mass is 10.0. The average Bonchev–Trinajstić information content (AvgIpc) is 2.35. The lowest BCUT2D eigenvalue weighted by Gasteiger charge is -2.20. The number of hydrogen-bond donors (Lipinski definition) is 3. The molecule has 0 radical (unpaired) electrons. The van der Waals surface area contributed by atoms with E-state index in [4.69, 9.17) is 9.47 Å². The molecule has 90 valence electrons. The summed E-state index contributed by atoms with van der Waals surface area (Å²) in [4.78, 5) is 0. The molecule has 1 aromatic rings. The van der Waals surface area contributed by atoms with Crippen LogP contribution < -0.4 is 9.47 Å². The van der Waals surface area contributed by atoms with Crippen LogP contribution in [-0.4, -0.2) is 36.3 Å². The number of rotatable bonds is 5. The summed E-state index contributed by atoms with van der Waals surface area (Å²) in [6, 6.07) is 5.13. The molecule has 5 heteroatoms. The van der Waals surface area contributed by atoms with Gasteiger partial charge in [0.25, 0.3) is 0 Å². The minimum Gasteiger partial charge on any atom is -0.493 e. The van der Waals surface area contributed by atoms with Gasteiger partial charge in [-0.15, -0.1) is 0 Å². The number of hydrogen-bond acceptors (Lipinski definition) is 5. The molecule has 2 atom stereocenters. The van der Waals surface area contributed by atoms with E-state index in [0.717, 1.165) is 0 Å². The van der Waals surface area contributed by atoms with E-state index >= 15 is 0 Å². The maximum atomic E-state index is 9.89. The molecule has 1 rings (SSSR count). The minimum atomic E-state index is -1.04. The Balaban J connectivity index is 3.12. The Morgan fingerprint density at radius 3 is 2.44 bits per heavy atom. The van der Waals surface area contributed by atoms with Crippen molar-refractivity contribution in [2.45, 2.75) is 12.2 Å². The van der Waals surface area contributed by atoms with Crippen molar-refractivity contribution in [3.8, 4) is 11.5 Å². The maximum absolute atomic E-state index is 9.89. The zero-order valence-corrected chi connectivity index (χ0v) is 10.1. The lowest BCUT2D eigenvalue weighted by molar-refractivity contribution is 0.0320. The largest absolute Gasteiger partial charge is 0.493 e. The molecular weight excluding hydrogens is 228 g/mol. The third-order valence-corrected chi connectivity index (χ3v) is 2.68. The van der Waals surface area contributed by atoms with E-state index < -0.39 is 12.2 Å². The topological polar surface area (TPSA) is 58.9 Å². The number of aliphatic hydroxyl groups excluding tert-OH is 2. The van der Waals surface area contributed by atoms with Gasteiger partial charge in [0.15, 0.2) is 11.5 Å². The van der Waals surface area contributed by atoms with Crippen LogP contribution in [0.4, 0.5) is 0 Å². The second kappa shape index (κ2) is 5.98. The predicted molar refractivity (Wildman–Crippen MR) is 64.4 cm³/mol. The molecule has 0 heterocycles. The molecule has 2 N–H and O–H groups in total. The van der Waals surface area contributed by atoms with Crippen molar-refractivity contribution in [2.24, 2.45) is 0 Å². The Morgan fingerprint density at radius 1 is 1.25 bits per heavy atom. The zero-order chi connectivity index (χ0) is 12.1. The summed E-state index contributed by atoms with van der Waals surface area (Å²) >= 11 is 3.94. The Kier molecular flexibility index (Phi) is 4.92. The summed E-state index contributed by atoms with van der Waals surface area (Å²) in [5.74, 6) is 1.12. The highest BCUT2D eigenvalue weighted by Crippen LogP contribution is 2.35. The normalized spacial score (nSPS) is 14.3. The first-order valence-corrected chi connectivity index (χ1v) is 5.46. The summed E-state index contributed by atoms with van der Waals surface area (Å²) in [6.07, 6.45) is -1.98. The van der Waals surface area contributed by atoms with E-state index in [2.05, 4.69) is 12.6 Å². The van der Waals surface area contributed by atoms with Gasteiger partial charge in [-0.25, -0.2) is 0 Å². The van der Waals surface area contributed by atoms with Crippen molar-refractivity contribution in [2.75, 3.05) is 20.0 Å². The number of ether oxygens (including phenoxy) is 2. The zero-order valence-electron chi connectivity index (χ0n) is 9.25. The lowest BCUT2D eigenvalue weighted by Crippen LogP contribution is -2.20. The fraction of sp³-hybridized carbons (Fsp3) is 0.455. The summed E-state index contributed by atoms with van der Waals surface area (Å²) < 4.78 is 10.3. The standard InChI is InChI=1S/C11H16O4S/c1-14-9-5-3-4-7(11(9)15-2)10(13)8(12)6-16/h3-5,8,10,12-13,16H,6H2,1-2H3. The Bertz CT molecular complexity index is 343. The highest BCUT2D eigenvalue weighted by atomic mass is 32.1. The number of thiol groups is 1. The molecule has 2 unspecified atom stereocenters. The summed E-state index contributed by atoms with van der Waals surface area (Å²) in [6.45, 7) is 0. The molecule has 0 amide bonds. The van der Waals surface area contributed by atoms with Crippen LogP contribution in [0.5, 0.6) is 11.5 Å². The Labute approximate surface area is 100 Å². The smallest absolute Gasteiger partial charge is 0.166 e. The monoisotopic (exact) mass is 244 g/mol. The van der Waals surface area contributed by atoms with Crippen molar-refractivity contribution in [3.63, 3.8) is 0 Å². The molecule has 0 bridgehead atoms. The molecule has 0 fully saturated rings. The molecule has 4 nitrogen and oxygen atoms in total. The summed E-state index contributed by atoms with van der Waals surface area (Å²) in [5.41, 5.74) is 0.489. The van der Waals surface area contributed by atoms with Crippen molar-refractivity contribution in [1.29, 1.82) is 0 Å². The first-order chi connectivity index (χ1) is 7.65. The van der Waals surface area contributed by atoms with Crippen LogP contribution in [0.15, 0.2) is 18.2 Å². The average molecular weight is 244 g/mol. The molecule has 16 heavy (non-hydrogen) atoms. The van der Waals surface area contributed by atoms with E-state index in [0.29, 0.717) is 17.1 Å². The number of benzene rings is 1. The van der Waals surface area contributed by atoms with Crippen LogP contribution in [0.3, 0.4) is 0 Å². The molecule has 0 saturated carbocycles. The van der Waals surface area contributed by atoms with E-state index in [1.165, 1.54) is 14.2 Å². The van der Waals surface area contributed by atoms with Crippen LogP contribution in [0.1, 0.15) is 11.7 Å². The van der Waals surface area contributed by atoms with Crippen LogP contribution in [0, 0.1) is 0 Å². The number of methoxy groups -OCH3 is 2. The Hall–Kier alpha value is -0.910. The van der Waals surface area contributed by atoms with Crippen LogP contribution in [0.25, 0.3) is 0 Å².